The molecule has 0 saturated carbocycles. The quantitative estimate of drug-likeness (QED) is 0.740. The molecule has 0 aliphatic carbocycles. The number of fused-ring (bicyclic) bond motifs is 1. The molecule has 25 heavy (non-hydrogen) atoms. The van der Waals surface area contributed by atoms with Gasteiger partial charge in [0.1, 0.15) is 16.9 Å². The number of aromatic nitrogens is 4. The molecule has 0 atom stereocenters. The van der Waals surface area contributed by atoms with Crippen LogP contribution in [0.2, 0.25) is 5.02 Å². The van der Waals surface area contributed by atoms with Gasteiger partial charge in [0, 0.05) is 11.6 Å². The lowest BCUT2D eigenvalue weighted by molar-refractivity contribution is 0.0641. The SMILES string of the molecule is CC(C)n1c(C(C)(C)O)nc2c(F)cc(-c3nc(N)ncc3Cl)cc21. The van der Waals surface area contributed by atoms with Gasteiger partial charge >= 0.3 is 0 Å². The topological polar surface area (TPSA) is 89.8 Å². The van der Waals surface area contributed by atoms with Crippen LogP contribution < -0.4 is 5.73 Å². The van der Waals surface area contributed by atoms with Crippen LogP contribution in [0.25, 0.3) is 22.3 Å². The number of nitrogens with two attached hydrogens (primary N) is 1. The third-order valence-electron chi connectivity index (χ3n) is 3.85. The van der Waals surface area contributed by atoms with Crippen molar-refractivity contribution >= 4 is 28.6 Å². The van der Waals surface area contributed by atoms with Crippen LogP contribution in [0.5, 0.6) is 0 Å². The van der Waals surface area contributed by atoms with Crippen LogP contribution in [-0.4, -0.2) is 24.6 Å². The van der Waals surface area contributed by atoms with Crippen molar-refractivity contribution in [1.82, 2.24) is 19.5 Å². The maximum Gasteiger partial charge on any atom is 0.220 e. The van der Waals surface area contributed by atoms with E-state index in [1.54, 1.807) is 24.5 Å². The molecule has 0 amide bonds. The Bertz CT molecular complexity index is 962. The summed E-state index contributed by atoms with van der Waals surface area (Å²) in [4.78, 5) is 12.3. The summed E-state index contributed by atoms with van der Waals surface area (Å²) in [5, 5.41) is 10.7. The molecule has 2 aromatic heterocycles. The van der Waals surface area contributed by atoms with Crippen molar-refractivity contribution in [3.63, 3.8) is 0 Å². The molecule has 8 heteroatoms. The first-order valence-electron chi connectivity index (χ1n) is 7.82. The second kappa shape index (κ2) is 5.93. The molecule has 3 aromatic rings. The van der Waals surface area contributed by atoms with E-state index in [0.29, 0.717) is 22.6 Å². The highest BCUT2D eigenvalue weighted by Crippen LogP contribution is 2.34. The average molecular weight is 364 g/mol. The van der Waals surface area contributed by atoms with Gasteiger partial charge in [-0.3, -0.25) is 0 Å². The van der Waals surface area contributed by atoms with E-state index in [0.717, 1.165) is 0 Å². The first-order chi connectivity index (χ1) is 11.6. The highest BCUT2D eigenvalue weighted by Gasteiger charge is 2.27. The smallest absolute Gasteiger partial charge is 0.220 e. The number of rotatable bonds is 3. The first-order valence-corrected chi connectivity index (χ1v) is 8.20. The van der Waals surface area contributed by atoms with E-state index >= 15 is 0 Å². The van der Waals surface area contributed by atoms with Crippen LogP contribution >= 0.6 is 11.6 Å². The second-order valence-corrected chi connectivity index (χ2v) is 7.12. The molecule has 0 fully saturated rings. The Balaban J connectivity index is 2.36. The summed E-state index contributed by atoms with van der Waals surface area (Å²) in [6.45, 7) is 7.12. The largest absolute Gasteiger partial charge is 0.383 e. The second-order valence-electron chi connectivity index (χ2n) is 6.71. The highest BCUT2D eigenvalue weighted by molar-refractivity contribution is 6.33. The van der Waals surface area contributed by atoms with Gasteiger partial charge in [0.05, 0.1) is 22.4 Å². The fraction of sp³-hybridized carbons (Fsp3) is 0.353. The normalized spacial score (nSPS) is 12.3. The highest BCUT2D eigenvalue weighted by atomic mass is 35.5. The van der Waals surface area contributed by atoms with Gasteiger partial charge in [-0.25, -0.2) is 19.3 Å². The summed E-state index contributed by atoms with van der Waals surface area (Å²) in [7, 11) is 0. The lowest BCUT2D eigenvalue weighted by Crippen LogP contribution is -2.23. The Morgan fingerprint density at radius 3 is 2.56 bits per heavy atom. The average Bonchev–Trinajstić information content (AvgIpc) is 2.90. The van der Waals surface area contributed by atoms with Gasteiger partial charge in [-0.2, -0.15) is 0 Å². The molecule has 0 aliphatic rings. The summed E-state index contributed by atoms with van der Waals surface area (Å²) in [6, 6.07) is 3.02. The number of nitrogen functional groups attached to an aromatic ring is 1. The summed E-state index contributed by atoms with van der Waals surface area (Å²) in [6.07, 6.45) is 1.38. The number of anilines is 1. The minimum absolute atomic E-state index is 0.0352. The van der Waals surface area contributed by atoms with E-state index in [2.05, 4.69) is 15.0 Å². The molecule has 0 bridgehead atoms. The molecule has 3 N–H and O–H groups in total. The van der Waals surface area contributed by atoms with Gasteiger partial charge in [0.15, 0.2) is 5.82 Å². The van der Waals surface area contributed by atoms with Crippen LogP contribution in [0, 0.1) is 5.82 Å². The van der Waals surface area contributed by atoms with Crippen molar-refractivity contribution < 1.29 is 9.50 Å². The molecule has 3 rings (SSSR count). The Labute approximate surface area is 149 Å². The Morgan fingerprint density at radius 1 is 1.28 bits per heavy atom. The minimum atomic E-state index is -1.22. The van der Waals surface area contributed by atoms with Gasteiger partial charge in [0.25, 0.3) is 0 Å². The number of halogens is 2. The number of aliphatic hydroxyl groups is 1. The molecule has 0 unspecified atom stereocenters. The zero-order chi connectivity index (χ0) is 18.5. The predicted molar refractivity (Wildman–Crippen MR) is 95.8 cm³/mol. The van der Waals surface area contributed by atoms with Gasteiger partial charge in [0.2, 0.25) is 5.95 Å². The van der Waals surface area contributed by atoms with Crippen molar-refractivity contribution in [1.29, 1.82) is 0 Å². The maximum absolute atomic E-state index is 14.7. The van der Waals surface area contributed by atoms with Gasteiger partial charge in [-0.05, 0) is 39.8 Å². The lowest BCUT2D eigenvalue weighted by Gasteiger charge is -2.21. The van der Waals surface area contributed by atoms with Crippen molar-refractivity contribution in [2.24, 2.45) is 0 Å². The zero-order valence-electron chi connectivity index (χ0n) is 14.4. The molecule has 6 nitrogen and oxygen atoms in total. The lowest BCUT2D eigenvalue weighted by atomic mass is 10.1. The van der Waals surface area contributed by atoms with Gasteiger partial charge in [-0.15, -0.1) is 0 Å². The summed E-state index contributed by atoms with van der Waals surface area (Å²) in [5.74, 6) is -0.0815. The van der Waals surface area contributed by atoms with Crippen LogP contribution in [0.1, 0.15) is 39.6 Å². The molecule has 132 valence electrons. The van der Waals surface area contributed by atoms with E-state index < -0.39 is 11.4 Å². The predicted octanol–water partition coefficient (Wildman–Crippen LogP) is 3.68. The number of hydrogen-bond donors (Lipinski definition) is 2. The number of hydrogen-bond acceptors (Lipinski definition) is 5. The van der Waals surface area contributed by atoms with Gasteiger partial charge in [-0.1, -0.05) is 11.6 Å². The Hall–Kier alpha value is -2.25. The Morgan fingerprint density at radius 2 is 1.96 bits per heavy atom. The molecule has 0 aliphatic heterocycles. The van der Waals surface area contributed by atoms with E-state index in [1.807, 2.05) is 13.8 Å². The fourth-order valence-corrected chi connectivity index (χ4v) is 3.03. The third-order valence-corrected chi connectivity index (χ3v) is 4.13. The van der Waals surface area contributed by atoms with Crippen molar-refractivity contribution in [2.45, 2.75) is 39.3 Å². The number of nitrogens with zero attached hydrogens (tertiary/aromatic N) is 4. The molecular weight excluding hydrogens is 345 g/mol. The van der Waals surface area contributed by atoms with Crippen molar-refractivity contribution in [2.75, 3.05) is 5.73 Å². The standard InChI is InChI=1S/C17H19ClFN5O/c1-8(2)24-12-6-9(13-10(18)7-21-16(20)23-13)5-11(19)14(12)22-15(24)17(3,4)25/h5-8,25H,1-4H3,(H2,20,21,23). The van der Waals surface area contributed by atoms with Crippen molar-refractivity contribution in [3.05, 3.63) is 35.0 Å². The molecule has 2 heterocycles. The van der Waals surface area contributed by atoms with E-state index in [9.17, 15) is 9.50 Å². The van der Waals surface area contributed by atoms with Crippen LogP contribution in [0.15, 0.2) is 18.3 Å². The van der Waals surface area contributed by atoms with E-state index in [4.69, 9.17) is 17.3 Å². The molecule has 0 saturated heterocycles. The minimum Gasteiger partial charge on any atom is -0.383 e. The maximum atomic E-state index is 14.7. The summed E-state index contributed by atoms with van der Waals surface area (Å²) < 4.78 is 16.5. The third kappa shape index (κ3) is 3.05. The van der Waals surface area contributed by atoms with Crippen LogP contribution in [-0.2, 0) is 5.60 Å². The fourth-order valence-electron chi connectivity index (χ4n) is 2.83. The van der Waals surface area contributed by atoms with E-state index in [1.165, 1.54) is 12.3 Å². The number of benzene rings is 1. The Kier molecular flexibility index (Phi) is 4.17. The zero-order valence-corrected chi connectivity index (χ0v) is 15.1. The monoisotopic (exact) mass is 363 g/mol. The molecule has 0 spiro atoms. The van der Waals surface area contributed by atoms with Crippen LogP contribution in [0.4, 0.5) is 10.3 Å². The van der Waals surface area contributed by atoms with Crippen molar-refractivity contribution in [3.8, 4) is 11.3 Å². The molecule has 0 radical (unpaired) electrons. The summed E-state index contributed by atoms with van der Waals surface area (Å²) >= 11 is 6.15. The first kappa shape index (κ1) is 17.6. The molecular formula is C17H19ClFN5O. The van der Waals surface area contributed by atoms with Gasteiger partial charge < -0.3 is 15.4 Å². The van der Waals surface area contributed by atoms with Crippen LogP contribution in [0.3, 0.4) is 0 Å². The number of imidazole rings is 1. The van der Waals surface area contributed by atoms with E-state index in [-0.39, 0.29) is 22.5 Å². The summed E-state index contributed by atoms with van der Waals surface area (Å²) in [5.41, 5.74) is 5.96. The molecule has 1 aromatic carbocycles.